The fraction of sp³-hybridized carbons (Fsp3) is 0.391. The Hall–Kier alpha value is -2.63. The summed E-state index contributed by atoms with van der Waals surface area (Å²) in [6.45, 7) is 4.16. The fourth-order valence-electron chi connectivity index (χ4n) is 3.50. The van der Waals surface area contributed by atoms with Crippen LogP contribution in [0, 0.1) is 11.6 Å². The van der Waals surface area contributed by atoms with Gasteiger partial charge in [-0.3, -0.25) is 4.79 Å². The van der Waals surface area contributed by atoms with Crippen LogP contribution in [0.25, 0.3) is 0 Å². The van der Waals surface area contributed by atoms with Crippen molar-refractivity contribution in [1.82, 2.24) is 16.0 Å². The molecule has 1 aliphatic rings. The van der Waals surface area contributed by atoms with Gasteiger partial charge in [0.05, 0.1) is 12.8 Å². The van der Waals surface area contributed by atoms with Crippen molar-refractivity contribution in [2.45, 2.75) is 25.9 Å². The minimum atomic E-state index is -0.591. The molecule has 3 rings (SSSR count). The summed E-state index contributed by atoms with van der Waals surface area (Å²) >= 11 is 0. The van der Waals surface area contributed by atoms with Gasteiger partial charge in [0.25, 0.3) is 0 Å². The largest absolute Gasteiger partial charge is 0.497 e. The molecule has 0 saturated carbocycles. The maximum atomic E-state index is 14.1. The molecule has 180 valence electrons. The van der Waals surface area contributed by atoms with E-state index in [1.54, 1.807) is 7.11 Å². The fourth-order valence-corrected chi connectivity index (χ4v) is 3.50. The lowest BCUT2D eigenvalue weighted by Crippen LogP contribution is -2.45. The van der Waals surface area contributed by atoms with Crippen molar-refractivity contribution in [3.05, 3.63) is 59.7 Å². The molecule has 0 spiro atoms. The lowest BCUT2D eigenvalue weighted by molar-refractivity contribution is -0.119. The van der Waals surface area contributed by atoms with Crippen LogP contribution in [0.2, 0.25) is 0 Å². The Labute approximate surface area is 210 Å². The number of methoxy groups -OCH3 is 1. The molecule has 1 unspecified atom stereocenters. The summed E-state index contributed by atoms with van der Waals surface area (Å²) in [5, 5.41) is 9.27. The van der Waals surface area contributed by atoms with Gasteiger partial charge < -0.3 is 25.6 Å². The third-order valence-electron chi connectivity index (χ3n) is 5.15. The average Bonchev–Trinajstić information content (AvgIpc) is 3.24. The number of benzene rings is 2. The van der Waals surface area contributed by atoms with E-state index in [-0.39, 0.29) is 42.5 Å². The van der Waals surface area contributed by atoms with E-state index < -0.39 is 11.6 Å². The number of ether oxygens (including phenoxy) is 1. The van der Waals surface area contributed by atoms with Crippen LogP contribution in [-0.2, 0) is 11.3 Å². The van der Waals surface area contributed by atoms with Crippen LogP contribution >= 0.6 is 24.0 Å². The number of carbonyl (C=O) groups excluding carboxylic acids is 1. The number of amides is 1. The van der Waals surface area contributed by atoms with Crippen LogP contribution in [0.1, 0.15) is 18.9 Å². The second-order valence-electron chi connectivity index (χ2n) is 7.49. The smallest absolute Gasteiger partial charge is 0.242 e. The predicted molar refractivity (Wildman–Crippen MR) is 136 cm³/mol. The molecule has 7 nitrogen and oxygen atoms in total. The second-order valence-corrected chi connectivity index (χ2v) is 7.49. The molecule has 3 N–H and O–H groups in total. The lowest BCUT2D eigenvalue weighted by Gasteiger charge is -2.21. The topological polar surface area (TPSA) is 78.0 Å². The van der Waals surface area contributed by atoms with Crippen molar-refractivity contribution < 1.29 is 18.3 Å². The van der Waals surface area contributed by atoms with Crippen LogP contribution in [0.15, 0.2) is 47.5 Å². The third-order valence-corrected chi connectivity index (χ3v) is 5.15. The number of guanidine groups is 1. The number of halogens is 3. The van der Waals surface area contributed by atoms with Gasteiger partial charge in [0, 0.05) is 38.3 Å². The Balaban J connectivity index is 0.00000385. The Kier molecular flexibility index (Phi) is 10.6. The Morgan fingerprint density at radius 3 is 2.61 bits per heavy atom. The Bertz CT molecular complexity index is 943. The summed E-state index contributed by atoms with van der Waals surface area (Å²) in [6.07, 6.45) is 0.769. The van der Waals surface area contributed by atoms with Gasteiger partial charge in [-0.1, -0.05) is 12.1 Å². The highest BCUT2D eigenvalue weighted by molar-refractivity contribution is 14.0. The zero-order valence-electron chi connectivity index (χ0n) is 18.7. The molecule has 2 aromatic carbocycles. The first kappa shape index (κ1) is 26.6. The summed E-state index contributed by atoms with van der Waals surface area (Å²) in [5.74, 6) is -0.0663. The van der Waals surface area contributed by atoms with E-state index in [0.29, 0.717) is 37.8 Å². The van der Waals surface area contributed by atoms with Gasteiger partial charge in [0.1, 0.15) is 23.9 Å². The quantitative estimate of drug-likeness (QED) is 0.257. The number of carbonyl (C=O) groups is 1. The van der Waals surface area contributed by atoms with Crippen molar-refractivity contribution in [2.75, 3.05) is 38.2 Å². The highest BCUT2D eigenvalue weighted by atomic mass is 127. The molecule has 1 fully saturated rings. The maximum absolute atomic E-state index is 14.1. The number of hydrogen-bond acceptors (Lipinski definition) is 4. The number of nitrogens with zero attached hydrogens (tertiary/aromatic N) is 2. The zero-order valence-corrected chi connectivity index (χ0v) is 21.1. The molecule has 33 heavy (non-hydrogen) atoms. The van der Waals surface area contributed by atoms with Gasteiger partial charge in [-0.2, -0.15) is 0 Å². The Morgan fingerprint density at radius 2 is 1.94 bits per heavy atom. The van der Waals surface area contributed by atoms with Gasteiger partial charge in [-0.25, -0.2) is 13.8 Å². The van der Waals surface area contributed by atoms with Crippen molar-refractivity contribution in [1.29, 1.82) is 0 Å². The minimum Gasteiger partial charge on any atom is -0.497 e. The van der Waals surface area contributed by atoms with Crippen LogP contribution in [0.5, 0.6) is 5.75 Å². The first-order chi connectivity index (χ1) is 15.5. The van der Waals surface area contributed by atoms with E-state index in [9.17, 15) is 13.6 Å². The molecule has 0 aliphatic carbocycles. The molecule has 0 radical (unpaired) electrons. The third kappa shape index (κ3) is 8.02. The van der Waals surface area contributed by atoms with Crippen molar-refractivity contribution in [3.63, 3.8) is 0 Å². The molecule has 1 amide bonds. The SMILES string of the molecule is CCNC(=NCC(=O)NCc1ccc(OC)cc1)NC1CCN(c2ccc(F)cc2F)C1.I. The Morgan fingerprint density at radius 1 is 1.18 bits per heavy atom. The molecular formula is C23H30F2IN5O2. The molecule has 1 saturated heterocycles. The summed E-state index contributed by atoms with van der Waals surface area (Å²) in [7, 11) is 1.61. The predicted octanol–water partition coefficient (Wildman–Crippen LogP) is 3.04. The van der Waals surface area contributed by atoms with Crippen LogP contribution in [-0.4, -0.2) is 51.2 Å². The van der Waals surface area contributed by atoms with Crippen molar-refractivity contribution >= 4 is 41.5 Å². The van der Waals surface area contributed by atoms with Gasteiger partial charge in [-0.15, -0.1) is 24.0 Å². The van der Waals surface area contributed by atoms with Gasteiger partial charge in [-0.05, 0) is 43.2 Å². The molecule has 0 aromatic heterocycles. The molecule has 1 heterocycles. The summed E-state index contributed by atoms with van der Waals surface area (Å²) in [4.78, 5) is 18.4. The minimum absolute atomic E-state index is 0. The summed E-state index contributed by atoms with van der Waals surface area (Å²) in [5.41, 5.74) is 1.35. The van der Waals surface area contributed by atoms with E-state index in [1.165, 1.54) is 12.1 Å². The lowest BCUT2D eigenvalue weighted by atomic mass is 10.2. The standard InChI is InChI=1S/C23H29F2N5O2.HI/c1-3-26-23(28-14-22(31)27-13-16-4-7-19(32-2)8-5-16)29-18-10-11-30(15-18)21-9-6-17(24)12-20(21)25;/h4-9,12,18H,3,10-11,13-15H2,1-2H3,(H,27,31)(H2,26,28,29);1H. The number of anilines is 1. The van der Waals surface area contributed by atoms with Crippen molar-refractivity contribution in [2.24, 2.45) is 4.99 Å². The first-order valence-electron chi connectivity index (χ1n) is 10.6. The number of nitrogens with one attached hydrogen (secondary N) is 3. The summed E-state index contributed by atoms with van der Waals surface area (Å²) in [6, 6.07) is 11.1. The molecule has 0 bridgehead atoms. The number of aliphatic imine (C=N–C) groups is 1. The van der Waals surface area contributed by atoms with E-state index in [4.69, 9.17) is 4.74 Å². The summed E-state index contributed by atoms with van der Waals surface area (Å²) < 4.78 is 32.4. The highest BCUT2D eigenvalue weighted by Crippen LogP contribution is 2.24. The second kappa shape index (κ2) is 13.2. The van der Waals surface area contributed by atoms with Crippen LogP contribution in [0.3, 0.4) is 0 Å². The van der Waals surface area contributed by atoms with E-state index in [2.05, 4.69) is 20.9 Å². The van der Waals surface area contributed by atoms with Gasteiger partial charge >= 0.3 is 0 Å². The molecule has 1 aliphatic heterocycles. The molecular weight excluding hydrogens is 543 g/mol. The van der Waals surface area contributed by atoms with Gasteiger partial charge in [0.2, 0.25) is 5.91 Å². The molecule has 1 atom stereocenters. The zero-order chi connectivity index (χ0) is 22.9. The van der Waals surface area contributed by atoms with E-state index in [1.807, 2.05) is 36.1 Å². The monoisotopic (exact) mass is 573 g/mol. The van der Waals surface area contributed by atoms with Gasteiger partial charge in [0.15, 0.2) is 5.96 Å². The average molecular weight is 573 g/mol. The number of hydrogen-bond donors (Lipinski definition) is 3. The van der Waals surface area contributed by atoms with E-state index >= 15 is 0 Å². The molecule has 2 aromatic rings. The van der Waals surface area contributed by atoms with Crippen molar-refractivity contribution in [3.8, 4) is 5.75 Å². The highest BCUT2D eigenvalue weighted by Gasteiger charge is 2.25. The maximum Gasteiger partial charge on any atom is 0.242 e. The number of rotatable bonds is 8. The van der Waals surface area contributed by atoms with Crippen LogP contribution in [0.4, 0.5) is 14.5 Å². The van der Waals surface area contributed by atoms with Crippen LogP contribution < -0.4 is 25.6 Å². The van der Waals surface area contributed by atoms with E-state index in [0.717, 1.165) is 23.8 Å². The normalized spacial score (nSPS) is 15.6. The first-order valence-corrected chi connectivity index (χ1v) is 10.6. The molecule has 10 heteroatoms.